The van der Waals surface area contributed by atoms with Crippen LogP contribution < -0.4 is 5.73 Å². The number of ether oxygens (including phenoxy) is 1. The number of amides is 1. The van der Waals surface area contributed by atoms with Gasteiger partial charge < -0.3 is 4.74 Å². The number of nitrogens with one attached hydrogen (secondary N) is 1. The smallest absolute Gasteiger partial charge is 0.264 e. The summed E-state index contributed by atoms with van der Waals surface area (Å²) in [5.41, 5.74) is 7.59. The Bertz CT molecular complexity index is 246. The molecule has 0 saturated carbocycles. The minimum Gasteiger partial charge on any atom is -0.367 e. The van der Waals surface area contributed by atoms with Crippen molar-refractivity contribution >= 4 is 5.91 Å². The van der Waals surface area contributed by atoms with E-state index >= 15 is 0 Å². The first-order valence-electron chi connectivity index (χ1n) is 3.65. The van der Waals surface area contributed by atoms with Crippen LogP contribution in [0.4, 0.5) is 0 Å². The summed E-state index contributed by atoms with van der Waals surface area (Å²) in [5, 5.41) is 0. The molecule has 1 aromatic carbocycles. The molecule has 1 radical (unpaired) electrons. The molecule has 0 fully saturated rings. The lowest BCUT2D eigenvalue weighted by Crippen LogP contribution is -2.08. The van der Waals surface area contributed by atoms with E-state index < -0.39 is 5.91 Å². The molecule has 1 N–H and O–H groups in total. The molecule has 0 saturated heterocycles. The first kappa shape index (κ1) is 8.74. The molecule has 3 heteroatoms. The van der Waals surface area contributed by atoms with Crippen LogP contribution in [-0.4, -0.2) is 12.5 Å². The van der Waals surface area contributed by atoms with E-state index in [1.807, 2.05) is 30.3 Å². The average molecular weight is 164 g/mol. The van der Waals surface area contributed by atoms with Crippen LogP contribution in [-0.2, 0) is 16.1 Å². The Morgan fingerprint density at radius 3 is 2.58 bits per heavy atom. The SMILES string of the molecule is [NH]C(=O)COCc1ccccc1. The number of hydrogen-bond acceptors (Lipinski definition) is 2. The van der Waals surface area contributed by atoms with Crippen LogP contribution in [0.15, 0.2) is 30.3 Å². The Morgan fingerprint density at radius 2 is 2.00 bits per heavy atom. The first-order chi connectivity index (χ1) is 5.79. The summed E-state index contributed by atoms with van der Waals surface area (Å²) in [6, 6.07) is 9.55. The van der Waals surface area contributed by atoms with Crippen molar-refractivity contribution in [3.8, 4) is 0 Å². The highest BCUT2D eigenvalue weighted by atomic mass is 16.5. The van der Waals surface area contributed by atoms with Gasteiger partial charge in [0.1, 0.15) is 6.61 Å². The van der Waals surface area contributed by atoms with Gasteiger partial charge in [-0.2, -0.15) is 0 Å². The van der Waals surface area contributed by atoms with Crippen LogP contribution in [0.25, 0.3) is 0 Å². The Balaban J connectivity index is 2.29. The zero-order valence-corrected chi connectivity index (χ0v) is 6.62. The molecule has 0 aromatic heterocycles. The van der Waals surface area contributed by atoms with Crippen LogP contribution in [0.3, 0.4) is 0 Å². The van der Waals surface area contributed by atoms with Gasteiger partial charge >= 0.3 is 0 Å². The lowest BCUT2D eigenvalue weighted by Gasteiger charge is -1.99. The van der Waals surface area contributed by atoms with E-state index in [4.69, 9.17) is 10.5 Å². The number of hydrogen-bond donors (Lipinski definition) is 0. The standard InChI is InChI=1S/C9H10NO2/c10-9(11)7-12-6-8-4-2-1-3-5-8/h1-5,10H,6-7H2. The fraction of sp³-hybridized carbons (Fsp3) is 0.222. The van der Waals surface area contributed by atoms with Gasteiger partial charge in [0.2, 0.25) is 0 Å². The molecule has 0 spiro atoms. The molecule has 0 aliphatic carbocycles. The van der Waals surface area contributed by atoms with E-state index in [9.17, 15) is 4.79 Å². The molecule has 1 rings (SSSR count). The van der Waals surface area contributed by atoms with Gasteiger partial charge in [0.15, 0.2) is 0 Å². The number of carbonyl (C=O) groups excluding carboxylic acids is 1. The maximum absolute atomic E-state index is 10.2. The third kappa shape index (κ3) is 3.16. The lowest BCUT2D eigenvalue weighted by atomic mass is 10.2. The van der Waals surface area contributed by atoms with Crippen molar-refractivity contribution in [2.24, 2.45) is 0 Å². The molecule has 3 nitrogen and oxygen atoms in total. The van der Waals surface area contributed by atoms with E-state index in [-0.39, 0.29) is 6.61 Å². The van der Waals surface area contributed by atoms with E-state index in [1.165, 1.54) is 0 Å². The summed E-state index contributed by atoms with van der Waals surface area (Å²) in [6.45, 7) is 0.264. The number of rotatable bonds is 4. The first-order valence-corrected chi connectivity index (χ1v) is 3.65. The predicted octanol–water partition coefficient (Wildman–Crippen LogP) is 1.01. The molecule has 0 aliphatic rings. The Hall–Kier alpha value is -1.35. The van der Waals surface area contributed by atoms with Crippen molar-refractivity contribution in [3.05, 3.63) is 35.9 Å². The second kappa shape index (κ2) is 4.51. The normalized spacial score (nSPS) is 9.67. The van der Waals surface area contributed by atoms with Crippen LogP contribution in [0.5, 0.6) is 0 Å². The molecule has 12 heavy (non-hydrogen) atoms. The van der Waals surface area contributed by atoms with E-state index in [0.29, 0.717) is 6.61 Å². The molecular formula is C9H10NO2. The highest BCUT2D eigenvalue weighted by molar-refractivity contribution is 5.74. The van der Waals surface area contributed by atoms with Gasteiger partial charge in [0.05, 0.1) is 6.61 Å². The maximum atomic E-state index is 10.2. The van der Waals surface area contributed by atoms with Gasteiger partial charge in [-0.15, -0.1) is 0 Å². The van der Waals surface area contributed by atoms with E-state index in [1.54, 1.807) is 0 Å². The Labute approximate surface area is 71.1 Å². The molecule has 0 aliphatic heterocycles. The second-order valence-corrected chi connectivity index (χ2v) is 2.40. The lowest BCUT2D eigenvalue weighted by molar-refractivity contribution is -0.123. The summed E-state index contributed by atoms with van der Waals surface area (Å²) < 4.78 is 4.94. The van der Waals surface area contributed by atoms with Crippen molar-refractivity contribution in [1.29, 1.82) is 0 Å². The fourth-order valence-corrected chi connectivity index (χ4v) is 0.836. The molecular weight excluding hydrogens is 154 g/mol. The highest BCUT2D eigenvalue weighted by Crippen LogP contribution is 1.99. The summed E-state index contributed by atoms with van der Waals surface area (Å²) in [7, 11) is 0. The van der Waals surface area contributed by atoms with Crippen LogP contribution in [0, 0.1) is 0 Å². The van der Waals surface area contributed by atoms with Crippen LogP contribution in [0.1, 0.15) is 5.56 Å². The van der Waals surface area contributed by atoms with Crippen molar-refractivity contribution in [2.75, 3.05) is 6.61 Å². The zero-order valence-electron chi connectivity index (χ0n) is 6.62. The maximum Gasteiger partial charge on any atom is 0.264 e. The van der Waals surface area contributed by atoms with Crippen LogP contribution >= 0.6 is 0 Å². The second-order valence-electron chi connectivity index (χ2n) is 2.40. The van der Waals surface area contributed by atoms with Gasteiger partial charge in [0, 0.05) is 0 Å². The largest absolute Gasteiger partial charge is 0.367 e. The van der Waals surface area contributed by atoms with E-state index in [2.05, 4.69) is 0 Å². The summed E-state index contributed by atoms with van der Waals surface area (Å²) in [6.07, 6.45) is 0. The number of benzene rings is 1. The quantitative estimate of drug-likeness (QED) is 0.666. The summed E-state index contributed by atoms with van der Waals surface area (Å²) in [4.78, 5) is 10.2. The monoisotopic (exact) mass is 164 g/mol. The topological polar surface area (TPSA) is 50.1 Å². The Kier molecular flexibility index (Phi) is 3.29. The third-order valence-electron chi connectivity index (χ3n) is 1.34. The minimum atomic E-state index is -0.689. The average Bonchev–Trinajstić information content (AvgIpc) is 2.05. The Morgan fingerprint density at radius 1 is 1.33 bits per heavy atom. The molecule has 0 bridgehead atoms. The fourth-order valence-electron chi connectivity index (χ4n) is 0.836. The van der Waals surface area contributed by atoms with Crippen molar-refractivity contribution in [1.82, 2.24) is 5.73 Å². The highest BCUT2D eigenvalue weighted by Gasteiger charge is 1.95. The zero-order chi connectivity index (χ0) is 8.81. The molecule has 0 unspecified atom stereocenters. The predicted molar refractivity (Wildman–Crippen MR) is 44.2 cm³/mol. The van der Waals surface area contributed by atoms with E-state index in [0.717, 1.165) is 5.56 Å². The van der Waals surface area contributed by atoms with Gasteiger partial charge in [-0.1, -0.05) is 30.3 Å². The van der Waals surface area contributed by atoms with Crippen molar-refractivity contribution < 1.29 is 9.53 Å². The number of carbonyl (C=O) groups is 1. The van der Waals surface area contributed by atoms with Gasteiger partial charge in [-0.25, -0.2) is 0 Å². The summed E-state index contributed by atoms with van der Waals surface area (Å²) >= 11 is 0. The van der Waals surface area contributed by atoms with Gasteiger partial charge in [-0.05, 0) is 5.56 Å². The van der Waals surface area contributed by atoms with Crippen molar-refractivity contribution in [3.63, 3.8) is 0 Å². The molecule has 0 atom stereocenters. The molecule has 1 amide bonds. The van der Waals surface area contributed by atoms with Crippen molar-refractivity contribution in [2.45, 2.75) is 6.61 Å². The van der Waals surface area contributed by atoms with Crippen LogP contribution in [0.2, 0.25) is 0 Å². The van der Waals surface area contributed by atoms with Gasteiger partial charge in [-0.3, -0.25) is 10.5 Å². The molecule has 1 aromatic rings. The minimum absolute atomic E-state index is 0.130. The molecule has 0 heterocycles. The summed E-state index contributed by atoms with van der Waals surface area (Å²) in [5.74, 6) is -0.689. The third-order valence-corrected chi connectivity index (χ3v) is 1.34. The van der Waals surface area contributed by atoms with Gasteiger partial charge in [0.25, 0.3) is 5.91 Å². The molecule has 63 valence electrons.